The van der Waals surface area contributed by atoms with Crippen LogP contribution in [0.15, 0.2) is 65.3 Å². The Morgan fingerprint density at radius 3 is 2.63 bits per heavy atom. The van der Waals surface area contributed by atoms with Gasteiger partial charge in [0, 0.05) is 6.54 Å². The summed E-state index contributed by atoms with van der Waals surface area (Å²) in [6.07, 6.45) is 2.31. The summed E-state index contributed by atoms with van der Waals surface area (Å²) >= 11 is 0. The van der Waals surface area contributed by atoms with E-state index in [9.17, 15) is 4.79 Å². The number of carbonyl (C=O) groups excluding carboxylic acids is 1. The highest BCUT2D eigenvalue weighted by Crippen LogP contribution is 2.23. The second-order valence-corrected chi connectivity index (χ2v) is 7.25. The number of benzene rings is 2. The third-order valence-corrected chi connectivity index (χ3v) is 5.07. The van der Waals surface area contributed by atoms with E-state index in [0.29, 0.717) is 18.9 Å². The molecule has 154 valence electrons. The molecule has 0 fully saturated rings. The maximum Gasteiger partial charge on any atom is 0.287 e. The molecule has 1 amide bonds. The van der Waals surface area contributed by atoms with Crippen molar-refractivity contribution in [2.45, 2.75) is 33.4 Å². The van der Waals surface area contributed by atoms with Crippen LogP contribution in [0.1, 0.15) is 33.9 Å². The van der Waals surface area contributed by atoms with Crippen LogP contribution in [0.3, 0.4) is 0 Å². The third-order valence-electron chi connectivity index (χ3n) is 5.07. The van der Waals surface area contributed by atoms with E-state index in [1.807, 2.05) is 30.3 Å². The monoisotopic (exact) mass is 403 g/mol. The second kappa shape index (κ2) is 8.86. The van der Waals surface area contributed by atoms with Crippen molar-refractivity contribution < 1.29 is 13.9 Å². The van der Waals surface area contributed by atoms with Crippen molar-refractivity contribution in [3.8, 4) is 5.75 Å². The number of amides is 1. The number of aryl methyl sites for hydroxylation is 3. The molecule has 0 unspecified atom stereocenters. The van der Waals surface area contributed by atoms with Crippen molar-refractivity contribution >= 4 is 16.9 Å². The van der Waals surface area contributed by atoms with Crippen molar-refractivity contribution in [3.63, 3.8) is 0 Å². The molecular weight excluding hydrogens is 378 g/mol. The molecule has 0 saturated heterocycles. The summed E-state index contributed by atoms with van der Waals surface area (Å²) in [6.45, 7) is 5.80. The highest BCUT2D eigenvalue weighted by molar-refractivity contribution is 5.91. The lowest BCUT2D eigenvalue weighted by atomic mass is 10.1. The van der Waals surface area contributed by atoms with Gasteiger partial charge >= 0.3 is 0 Å². The summed E-state index contributed by atoms with van der Waals surface area (Å²) in [5, 5.41) is 2.89. The Kier molecular flexibility index (Phi) is 5.84. The first-order chi connectivity index (χ1) is 14.6. The Hall–Kier alpha value is -3.54. The van der Waals surface area contributed by atoms with E-state index >= 15 is 0 Å². The number of hydrogen-bond acceptors (Lipinski definition) is 4. The predicted molar refractivity (Wildman–Crippen MR) is 116 cm³/mol. The number of para-hydroxylation sites is 3. The molecule has 0 spiro atoms. The number of nitrogens with zero attached hydrogens (tertiary/aromatic N) is 2. The number of fused-ring (bicyclic) bond motifs is 1. The summed E-state index contributed by atoms with van der Waals surface area (Å²) in [4.78, 5) is 16.9. The molecule has 0 radical (unpaired) electrons. The van der Waals surface area contributed by atoms with Gasteiger partial charge in [0.05, 0.1) is 30.4 Å². The number of rotatable bonds is 8. The van der Waals surface area contributed by atoms with E-state index in [2.05, 4.69) is 35.9 Å². The number of ether oxygens (including phenoxy) is 1. The minimum absolute atomic E-state index is 0.253. The van der Waals surface area contributed by atoms with Crippen LogP contribution < -0.4 is 10.1 Å². The van der Waals surface area contributed by atoms with Crippen LogP contribution in [0.2, 0.25) is 0 Å². The van der Waals surface area contributed by atoms with Gasteiger partial charge in [-0.2, -0.15) is 0 Å². The van der Waals surface area contributed by atoms with Crippen LogP contribution in [0.5, 0.6) is 5.75 Å². The number of nitrogens with one attached hydrogen (secondary N) is 1. The van der Waals surface area contributed by atoms with Crippen molar-refractivity contribution in [2.75, 3.05) is 6.61 Å². The van der Waals surface area contributed by atoms with Crippen LogP contribution in [0.25, 0.3) is 11.0 Å². The Bertz CT molecular complexity index is 1130. The molecule has 4 rings (SSSR count). The van der Waals surface area contributed by atoms with Crippen LogP contribution in [0.4, 0.5) is 0 Å². The molecule has 6 heteroatoms. The van der Waals surface area contributed by atoms with Gasteiger partial charge in [-0.25, -0.2) is 4.98 Å². The molecule has 0 aliphatic rings. The highest BCUT2D eigenvalue weighted by atomic mass is 16.5. The lowest BCUT2D eigenvalue weighted by Crippen LogP contribution is -2.24. The van der Waals surface area contributed by atoms with Crippen LogP contribution in [-0.2, 0) is 13.1 Å². The summed E-state index contributed by atoms with van der Waals surface area (Å²) in [5.41, 5.74) is 4.25. The minimum atomic E-state index is -0.253. The number of carbonyl (C=O) groups is 1. The fourth-order valence-corrected chi connectivity index (χ4v) is 3.59. The minimum Gasteiger partial charge on any atom is -0.493 e. The summed E-state index contributed by atoms with van der Waals surface area (Å²) in [5.74, 6) is 1.80. The molecule has 30 heavy (non-hydrogen) atoms. The zero-order valence-corrected chi connectivity index (χ0v) is 17.2. The first-order valence-electron chi connectivity index (χ1n) is 10.1. The molecular formula is C24H25N3O3. The zero-order chi connectivity index (χ0) is 20.9. The van der Waals surface area contributed by atoms with Crippen LogP contribution >= 0.6 is 0 Å². The Morgan fingerprint density at radius 2 is 1.87 bits per heavy atom. The lowest BCUT2D eigenvalue weighted by molar-refractivity contribution is 0.0921. The molecule has 0 atom stereocenters. The van der Waals surface area contributed by atoms with Crippen molar-refractivity contribution in [1.82, 2.24) is 14.9 Å². The Balaban J connectivity index is 1.44. The number of hydrogen-bond donors (Lipinski definition) is 1. The largest absolute Gasteiger partial charge is 0.493 e. The van der Waals surface area contributed by atoms with Gasteiger partial charge in [-0.15, -0.1) is 0 Å². The molecule has 0 aliphatic heterocycles. The predicted octanol–water partition coefficient (Wildman–Crippen LogP) is 4.65. The first-order valence-corrected chi connectivity index (χ1v) is 10.1. The smallest absolute Gasteiger partial charge is 0.287 e. The third kappa shape index (κ3) is 4.22. The summed E-state index contributed by atoms with van der Waals surface area (Å²) in [7, 11) is 0. The average molecular weight is 403 g/mol. The van der Waals surface area contributed by atoms with Crippen LogP contribution in [-0.4, -0.2) is 22.1 Å². The molecule has 2 aromatic heterocycles. The standard InChI is InChI=1S/C24H25N3O3/c1-17-8-5-9-18(2)23(17)30-15-7-13-27-20-11-4-3-10-19(20)26-22(27)16-25-24(28)21-12-6-14-29-21/h3-6,8-12,14H,7,13,15-16H2,1-2H3,(H,25,28). The zero-order valence-electron chi connectivity index (χ0n) is 17.2. The van der Waals surface area contributed by atoms with Crippen molar-refractivity contribution in [3.05, 3.63) is 83.6 Å². The van der Waals surface area contributed by atoms with Gasteiger partial charge in [0.2, 0.25) is 0 Å². The maximum atomic E-state index is 12.2. The first kappa shape index (κ1) is 19.8. The number of furan rings is 1. The number of aromatic nitrogens is 2. The molecule has 2 aromatic carbocycles. The summed E-state index contributed by atoms with van der Waals surface area (Å²) < 4.78 is 13.4. The van der Waals surface area contributed by atoms with Gasteiger partial charge in [-0.05, 0) is 55.7 Å². The molecule has 0 saturated carbocycles. The molecule has 2 heterocycles. The highest BCUT2D eigenvalue weighted by Gasteiger charge is 2.13. The van der Waals surface area contributed by atoms with Crippen molar-refractivity contribution in [1.29, 1.82) is 0 Å². The molecule has 1 N–H and O–H groups in total. The van der Waals surface area contributed by atoms with Gasteiger partial charge in [0.25, 0.3) is 5.91 Å². The fraction of sp³-hybridized carbons (Fsp3) is 0.250. The van der Waals surface area contributed by atoms with E-state index in [0.717, 1.165) is 46.7 Å². The summed E-state index contributed by atoms with van der Waals surface area (Å²) in [6, 6.07) is 17.5. The number of imidazole rings is 1. The fourth-order valence-electron chi connectivity index (χ4n) is 3.59. The lowest BCUT2D eigenvalue weighted by Gasteiger charge is -2.13. The van der Waals surface area contributed by atoms with E-state index < -0.39 is 0 Å². The van der Waals surface area contributed by atoms with Crippen molar-refractivity contribution in [2.24, 2.45) is 0 Å². The Morgan fingerprint density at radius 1 is 1.07 bits per heavy atom. The van der Waals surface area contributed by atoms with Gasteiger partial charge in [0.1, 0.15) is 11.6 Å². The molecule has 0 aliphatic carbocycles. The van der Waals surface area contributed by atoms with E-state index in [-0.39, 0.29) is 5.91 Å². The topological polar surface area (TPSA) is 69.3 Å². The quantitative estimate of drug-likeness (QED) is 0.435. The van der Waals surface area contributed by atoms with E-state index in [4.69, 9.17) is 14.1 Å². The van der Waals surface area contributed by atoms with Gasteiger partial charge in [-0.3, -0.25) is 4.79 Å². The maximum absolute atomic E-state index is 12.2. The van der Waals surface area contributed by atoms with Crippen LogP contribution in [0, 0.1) is 13.8 Å². The average Bonchev–Trinajstić information content (AvgIpc) is 3.39. The van der Waals surface area contributed by atoms with Gasteiger partial charge in [0.15, 0.2) is 5.76 Å². The SMILES string of the molecule is Cc1cccc(C)c1OCCCn1c(CNC(=O)c2ccco2)nc2ccccc21. The molecule has 6 nitrogen and oxygen atoms in total. The normalized spacial score (nSPS) is 11.0. The molecule has 4 aromatic rings. The van der Waals surface area contributed by atoms with Gasteiger partial charge < -0.3 is 19.0 Å². The van der Waals surface area contributed by atoms with E-state index in [1.54, 1.807) is 12.1 Å². The Labute approximate surface area is 175 Å². The second-order valence-electron chi connectivity index (χ2n) is 7.25. The van der Waals surface area contributed by atoms with Gasteiger partial charge in [-0.1, -0.05) is 30.3 Å². The molecule has 0 bridgehead atoms. The van der Waals surface area contributed by atoms with E-state index in [1.165, 1.54) is 6.26 Å².